The molecule has 0 atom stereocenters. The molecule has 2 heterocycles. The van der Waals surface area contributed by atoms with Crippen molar-refractivity contribution < 1.29 is 23.8 Å². The molecule has 0 saturated heterocycles. The van der Waals surface area contributed by atoms with Crippen molar-refractivity contribution in [1.29, 1.82) is 0 Å². The zero-order valence-electron chi connectivity index (χ0n) is 14.0. The van der Waals surface area contributed by atoms with Gasteiger partial charge in [-0.15, -0.1) is 4.98 Å². The van der Waals surface area contributed by atoms with Crippen molar-refractivity contribution in [2.24, 2.45) is 0 Å². The third-order valence-corrected chi connectivity index (χ3v) is 3.46. The van der Waals surface area contributed by atoms with Crippen LogP contribution in [0.5, 0.6) is 23.5 Å². The van der Waals surface area contributed by atoms with Crippen molar-refractivity contribution >= 4 is 34.4 Å². The van der Waals surface area contributed by atoms with E-state index >= 15 is 0 Å². The van der Waals surface area contributed by atoms with Crippen molar-refractivity contribution in [3.63, 3.8) is 0 Å². The monoisotopic (exact) mass is 376 g/mol. The van der Waals surface area contributed by atoms with Crippen LogP contribution in [0.25, 0.3) is 10.9 Å². The van der Waals surface area contributed by atoms with E-state index in [1.807, 2.05) is 0 Å². The number of hydrogen-bond acceptors (Lipinski definition) is 8. The summed E-state index contributed by atoms with van der Waals surface area (Å²) in [5.74, 6) is -0.153. The Kier molecular flexibility index (Phi) is 4.72. The molecule has 0 spiro atoms. The summed E-state index contributed by atoms with van der Waals surface area (Å²) in [7, 11) is 1.39. The summed E-state index contributed by atoms with van der Waals surface area (Å²) in [4.78, 5) is 34.6. The van der Waals surface area contributed by atoms with Crippen LogP contribution in [0.2, 0.25) is 5.28 Å². The number of rotatable bonds is 4. The smallest absolute Gasteiger partial charge is 0.329 e. The maximum Gasteiger partial charge on any atom is 0.329 e. The van der Waals surface area contributed by atoms with E-state index in [1.54, 1.807) is 18.2 Å². The molecule has 0 aliphatic heterocycles. The minimum atomic E-state index is -0.507. The van der Waals surface area contributed by atoms with Crippen LogP contribution in [0.1, 0.15) is 18.6 Å². The first-order valence-electron chi connectivity index (χ1n) is 7.35. The highest BCUT2D eigenvalue weighted by atomic mass is 35.5. The summed E-state index contributed by atoms with van der Waals surface area (Å²) in [5.41, 5.74) is 0.562. The molecule has 134 valence electrons. The van der Waals surface area contributed by atoms with Gasteiger partial charge in [0.2, 0.25) is 11.2 Å². The number of carbonyl (C=O) groups excluding carboxylic acids is 2. The first kappa shape index (κ1) is 17.6. The normalized spacial score (nSPS) is 10.6. The zero-order chi connectivity index (χ0) is 18.8. The van der Waals surface area contributed by atoms with Crippen LogP contribution >= 0.6 is 11.6 Å². The van der Waals surface area contributed by atoms with Crippen molar-refractivity contribution in [1.82, 2.24) is 19.5 Å². The molecule has 26 heavy (non-hydrogen) atoms. The fourth-order valence-electron chi connectivity index (χ4n) is 2.30. The Balaban J connectivity index is 2.04. The summed E-state index contributed by atoms with van der Waals surface area (Å²) >= 11 is 5.79. The van der Waals surface area contributed by atoms with E-state index in [4.69, 9.17) is 25.8 Å². The van der Waals surface area contributed by atoms with Crippen LogP contribution in [0, 0.1) is 0 Å². The lowest BCUT2D eigenvalue weighted by Crippen LogP contribution is -2.03. The van der Waals surface area contributed by atoms with Gasteiger partial charge in [0.25, 0.3) is 0 Å². The molecular weight excluding hydrogens is 364 g/mol. The van der Waals surface area contributed by atoms with E-state index in [1.165, 1.54) is 31.7 Å². The van der Waals surface area contributed by atoms with Gasteiger partial charge in [-0.3, -0.25) is 14.2 Å². The number of halogens is 1. The maximum atomic E-state index is 11.8. The second kappa shape index (κ2) is 6.96. The van der Waals surface area contributed by atoms with Gasteiger partial charge in [0, 0.05) is 19.2 Å². The second-order valence-electron chi connectivity index (χ2n) is 5.13. The van der Waals surface area contributed by atoms with Gasteiger partial charge >= 0.3 is 18.0 Å². The number of ether oxygens (including phenoxy) is 3. The third-order valence-electron chi connectivity index (χ3n) is 3.29. The molecule has 9 nitrogen and oxygen atoms in total. The molecule has 3 aromatic rings. The molecule has 3 rings (SSSR count). The molecule has 0 aliphatic rings. The molecule has 0 bridgehead atoms. The molecule has 0 aliphatic carbocycles. The summed E-state index contributed by atoms with van der Waals surface area (Å²) < 4.78 is 17.0. The molecule has 0 N–H and O–H groups in total. The van der Waals surface area contributed by atoms with Crippen molar-refractivity contribution in [2.45, 2.75) is 13.8 Å². The number of esters is 1. The number of methoxy groups -OCH3 is 1. The quantitative estimate of drug-likeness (QED) is 0.640. The Hall–Kier alpha value is -3.20. The SMILES string of the molecule is COc1nc(Cl)nc(Oc2ccc3c(c2)c(OC(C)=O)cn3C(C)=O)n1. The fraction of sp³-hybridized carbons (Fsp3) is 0.188. The van der Waals surface area contributed by atoms with Crippen molar-refractivity contribution in [3.05, 3.63) is 29.7 Å². The average molecular weight is 377 g/mol. The first-order chi connectivity index (χ1) is 12.4. The molecule has 0 saturated carbocycles. The number of nitrogens with zero attached hydrogens (tertiary/aromatic N) is 4. The molecule has 2 aromatic heterocycles. The molecule has 0 radical (unpaired) electrons. The van der Waals surface area contributed by atoms with Gasteiger partial charge in [-0.2, -0.15) is 9.97 Å². The van der Waals surface area contributed by atoms with Gasteiger partial charge in [-0.1, -0.05) is 0 Å². The molecule has 0 fully saturated rings. The first-order valence-corrected chi connectivity index (χ1v) is 7.73. The highest BCUT2D eigenvalue weighted by Crippen LogP contribution is 2.33. The Labute approximate surface area is 152 Å². The fourth-order valence-corrected chi connectivity index (χ4v) is 2.44. The Morgan fingerprint density at radius 3 is 2.50 bits per heavy atom. The lowest BCUT2D eigenvalue weighted by Gasteiger charge is -2.06. The van der Waals surface area contributed by atoms with Gasteiger partial charge < -0.3 is 14.2 Å². The van der Waals surface area contributed by atoms with Gasteiger partial charge in [-0.25, -0.2) is 0 Å². The number of hydrogen-bond donors (Lipinski definition) is 0. The van der Waals surface area contributed by atoms with Gasteiger partial charge in [0.15, 0.2) is 5.75 Å². The van der Waals surface area contributed by atoms with Crippen LogP contribution in [-0.4, -0.2) is 38.5 Å². The van der Waals surface area contributed by atoms with Crippen molar-refractivity contribution in [2.75, 3.05) is 7.11 Å². The van der Waals surface area contributed by atoms with Gasteiger partial charge in [0.05, 0.1) is 18.8 Å². The summed E-state index contributed by atoms with van der Waals surface area (Å²) in [6.07, 6.45) is 1.45. The van der Waals surface area contributed by atoms with Gasteiger partial charge in [-0.05, 0) is 29.8 Å². The summed E-state index contributed by atoms with van der Waals surface area (Å²) in [6, 6.07) is 4.80. The van der Waals surface area contributed by atoms with E-state index in [9.17, 15) is 9.59 Å². The van der Waals surface area contributed by atoms with E-state index in [0.717, 1.165) is 0 Å². The van der Waals surface area contributed by atoms with Gasteiger partial charge in [0.1, 0.15) is 5.75 Å². The van der Waals surface area contributed by atoms with E-state index in [-0.39, 0.29) is 29.0 Å². The highest BCUT2D eigenvalue weighted by Gasteiger charge is 2.16. The van der Waals surface area contributed by atoms with Crippen LogP contribution < -0.4 is 14.2 Å². The summed E-state index contributed by atoms with van der Waals surface area (Å²) in [6.45, 7) is 2.68. The van der Waals surface area contributed by atoms with E-state index in [2.05, 4.69) is 15.0 Å². The van der Waals surface area contributed by atoms with Crippen LogP contribution in [0.15, 0.2) is 24.4 Å². The number of benzene rings is 1. The van der Waals surface area contributed by atoms with E-state index < -0.39 is 5.97 Å². The Morgan fingerprint density at radius 1 is 1.12 bits per heavy atom. The molecule has 10 heteroatoms. The van der Waals surface area contributed by atoms with E-state index in [0.29, 0.717) is 16.7 Å². The maximum absolute atomic E-state index is 11.8. The minimum absolute atomic E-state index is 0.00409. The lowest BCUT2D eigenvalue weighted by molar-refractivity contribution is -0.131. The molecule has 1 aromatic carbocycles. The number of aromatic nitrogens is 4. The Morgan fingerprint density at radius 2 is 1.85 bits per heavy atom. The predicted octanol–water partition coefficient (Wildman–Crippen LogP) is 2.87. The van der Waals surface area contributed by atoms with Crippen LogP contribution in [-0.2, 0) is 4.79 Å². The number of carbonyl (C=O) groups is 2. The van der Waals surface area contributed by atoms with Crippen LogP contribution in [0.4, 0.5) is 0 Å². The zero-order valence-corrected chi connectivity index (χ0v) is 14.8. The second-order valence-corrected chi connectivity index (χ2v) is 5.47. The molecular formula is C16H13ClN4O5. The standard InChI is InChI=1S/C16H13ClN4O5/c1-8(22)21-7-13(25-9(2)23)11-6-10(4-5-12(11)21)26-16-19-14(17)18-15(20-16)24-3/h4-7H,1-3H3. The predicted molar refractivity (Wildman–Crippen MR) is 91.0 cm³/mol. The lowest BCUT2D eigenvalue weighted by atomic mass is 10.2. The average Bonchev–Trinajstić information content (AvgIpc) is 2.92. The third kappa shape index (κ3) is 3.57. The molecule has 0 unspecified atom stereocenters. The minimum Gasteiger partial charge on any atom is -0.467 e. The number of fused-ring (bicyclic) bond motifs is 1. The highest BCUT2D eigenvalue weighted by molar-refractivity contribution is 6.28. The van der Waals surface area contributed by atoms with Crippen molar-refractivity contribution in [3.8, 4) is 23.5 Å². The molecule has 0 amide bonds. The van der Waals surface area contributed by atoms with Crippen LogP contribution in [0.3, 0.4) is 0 Å². The Bertz CT molecular complexity index is 1020. The largest absolute Gasteiger partial charge is 0.467 e. The summed E-state index contributed by atoms with van der Waals surface area (Å²) in [5, 5.41) is 0.427. The topological polar surface area (TPSA) is 105 Å².